The van der Waals surface area contributed by atoms with E-state index in [-0.39, 0.29) is 6.61 Å². The highest BCUT2D eigenvalue weighted by Gasteiger charge is 2.14. The van der Waals surface area contributed by atoms with Gasteiger partial charge in [-0.2, -0.15) is 0 Å². The average molecular weight is 279 g/mol. The minimum Gasteiger partial charge on any atom is -0.390 e. The molecule has 1 aromatic heterocycles. The SMILES string of the molecule is Cc1ccc(-n2nnc(CO)c2Cc2ccccc2)cc1. The molecule has 0 atom stereocenters. The molecule has 0 amide bonds. The lowest BCUT2D eigenvalue weighted by molar-refractivity contribution is 0.275. The first-order valence-corrected chi connectivity index (χ1v) is 6.93. The Kier molecular flexibility index (Phi) is 3.79. The van der Waals surface area contributed by atoms with Crippen LogP contribution in [0.1, 0.15) is 22.5 Å². The quantitative estimate of drug-likeness (QED) is 0.798. The van der Waals surface area contributed by atoms with Gasteiger partial charge in [0.1, 0.15) is 5.69 Å². The van der Waals surface area contributed by atoms with Crippen LogP contribution in [0.4, 0.5) is 0 Å². The van der Waals surface area contributed by atoms with E-state index < -0.39 is 0 Å². The van der Waals surface area contributed by atoms with Gasteiger partial charge < -0.3 is 5.11 Å². The van der Waals surface area contributed by atoms with E-state index in [9.17, 15) is 5.11 Å². The first kappa shape index (κ1) is 13.5. The van der Waals surface area contributed by atoms with Crippen molar-refractivity contribution in [1.29, 1.82) is 0 Å². The Balaban J connectivity index is 2.02. The molecule has 0 fully saturated rings. The normalized spacial score (nSPS) is 10.8. The highest BCUT2D eigenvalue weighted by Crippen LogP contribution is 2.17. The first-order valence-electron chi connectivity index (χ1n) is 6.93. The van der Waals surface area contributed by atoms with Crippen LogP contribution in [0, 0.1) is 6.92 Å². The predicted octanol–water partition coefficient (Wildman–Crippen LogP) is 2.66. The number of rotatable bonds is 4. The monoisotopic (exact) mass is 279 g/mol. The lowest BCUT2D eigenvalue weighted by Crippen LogP contribution is -2.05. The van der Waals surface area contributed by atoms with Crippen LogP contribution in [0.15, 0.2) is 54.6 Å². The molecule has 1 heterocycles. The average Bonchev–Trinajstić information content (AvgIpc) is 2.92. The molecule has 0 aliphatic rings. The maximum atomic E-state index is 9.48. The standard InChI is InChI=1S/C17H17N3O/c1-13-7-9-15(10-8-13)20-17(16(12-21)18-19-20)11-14-5-3-2-4-6-14/h2-10,21H,11-12H2,1H3. The van der Waals surface area contributed by atoms with Gasteiger partial charge in [-0.25, -0.2) is 4.68 Å². The van der Waals surface area contributed by atoms with Crippen molar-refractivity contribution in [3.63, 3.8) is 0 Å². The van der Waals surface area contributed by atoms with Gasteiger partial charge in [0.2, 0.25) is 0 Å². The summed E-state index contributed by atoms with van der Waals surface area (Å²) in [6.45, 7) is 1.95. The number of aliphatic hydroxyl groups is 1. The van der Waals surface area contributed by atoms with Gasteiger partial charge in [-0.15, -0.1) is 5.10 Å². The third kappa shape index (κ3) is 2.85. The smallest absolute Gasteiger partial charge is 0.112 e. The second-order valence-corrected chi connectivity index (χ2v) is 5.05. The summed E-state index contributed by atoms with van der Waals surface area (Å²) >= 11 is 0. The van der Waals surface area contributed by atoms with Crippen LogP contribution < -0.4 is 0 Å². The van der Waals surface area contributed by atoms with Crippen molar-refractivity contribution >= 4 is 0 Å². The Morgan fingerprint density at radius 1 is 1.00 bits per heavy atom. The Morgan fingerprint density at radius 3 is 2.38 bits per heavy atom. The van der Waals surface area contributed by atoms with Crippen LogP contribution in [-0.4, -0.2) is 20.1 Å². The van der Waals surface area contributed by atoms with E-state index in [2.05, 4.69) is 29.4 Å². The molecule has 0 saturated heterocycles. The summed E-state index contributed by atoms with van der Waals surface area (Å²) in [5.74, 6) is 0. The van der Waals surface area contributed by atoms with E-state index in [1.807, 2.05) is 42.5 Å². The van der Waals surface area contributed by atoms with Crippen LogP contribution in [-0.2, 0) is 13.0 Å². The zero-order chi connectivity index (χ0) is 14.7. The number of aromatic nitrogens is 3. The number of nitrogens with zero attached hydrogens (tertiary/aromatic N) is 3. The predicted molar refractivity (Wildman–Crippen MR) is 81.3 cm³/mol. The van der Waals surface area contributed by atoms with E-state index in [1.165, 1.54) is 11.1 Å². The Hall–Kier alpha value is -2.46. The topological polar surface area (TPSA) is 50.9 Å². The Labute approximate surface area is 123 Å². The van der Waals surface area contributed by atoms with Gasteiger partial charge in [0.25, 0.3) is 0 Å². The van der Waals surface area contributed by atoms with Crippen molar-refractivity contribution in [2.45, 2.75) is 20.0 Å². The maximum absolute atomic E-state index is 9.48. The molecule has 0 radical (unpaired) electrons. The second kappa shape index (κ2) is 5.89. The summed E-state index contributed by atoms with van der Waals surface area (Å²) in [5.41, 5.74) is 4.87. The summed E-state index contributed by atoms with van der Waals surface area (Å²) in [6.07, 6.45) is 0.692. The van der Waals surface area contributed by atoms with Crippen LogP contribution in [0.25, 0.3) is 5.69 Å². The Morgan fingerprint density at radius 2 is 1.71 bits per heavy atom. The molecule has 21 heavy (non-hydrogen) atoms. The van der Waals surface area contributed by atoms with Crippen molar-refractivity contribution in [2.75, 3.05) is 0 Å². The molecule has 3 aromatic rings. The fourth-order valence-electron chi connectivity index (χ4n) is 2.32. The van der Waals surface area contributed by atoms with Gasteiger partial charge >= 0.3 is 0 Å². The van der Waals surface area contributed by atoms with Crippen LogP contribution >= 0.6 is 0 Å². The second-order valence-electron chi connectivity index (χ2n) is 5.05. The van der Waals surface area contributed by atoms with Crippen molar-refractivity contribution in [3.8, 4) is 5.69 Å². The fourth-order valence-corrected chi connectivity index (χ4v) is 2.32. The molecule has 3 rings (SSSR count). The highest BCUT2D eigenvalue weighted by molar-refractivity contribution is 5.37. The zero-order valence-corrected chi connectivity index (χ0v) is 11.9. The summed E-state index contributed by atoms with van der Waals surface area (Å²) in [7, 11) is 0. The van der Waals surface area contributed by atoms with Gasteiger partial charge in [0, 0.05) is 6.42 Å². The van der Waals surface area contributed by atoms with Crippen molar-refractivity contribution in [3.05, 3.63) is 77.1 Å². The first-order chi connectivity index (χ1) is 10.3. The molecule has 4 heteroatoms. The zero-order valence-electron chi connectivity index (χ0n) is 11.9. The molecule has 106 valence electrons. The summed E-state index contributed by atoms with van der Waals surface area (Å²) in [5, 5.41) is 17.8. The van der Waals surface area contributed by atoms with Crippen LogP contribution in [0.2, 0.25) is 0 Å². The van der Waals surface area contributed by atoms with E-state index >= 15 is 0 Å². The third-order valence-corrected chi connectivity index (χ3v) is 3.49. The molecular weight excluding hydrogens is 262 g/mol. The van der Waals surface area contributed by atoms with Gasteiger partial charge in [0.15, 0.2) is 0 Å². The van der Waals surface area contributed by atoms with Crippen molar-refractivity contribution in [2.24, 2.45) is 0 Å². The molecule has 0 saturated carbocycles. The number of hydrogen-bond acceptors (Lipinski definition) is 3. The minimum atomic E-state index is -0.103. The largest absolute Gasteiger partial charge is 0.390 e. The molecule has 0 unspecified atom stereocenters. The molecule has 0 bridgehead atoms. The minimum absolute atomic E-state index is 0.103. The van der Waals surface area contributed by atoms with Crippen LogP contribution in [0.3, 0.4) is 0 Å². The number of benzene rings is 2. The lowest BCUT2D eigenvalue weighted by atomic mass is 10.1. The van der Waals surface area contributed by atoms with E-state index in [4.69, 9.17) is 0 Å². The molecule has 0 spiro atoms. The van der Waals surface area contributed by atoms with E-state index in [0.29, 0.717) is 12.1 Å². The molecule has 0 aliphatic heterocycles. The van der Waals surface area contributed by atoms with Gasteiger partial charge in [0.05, 0.1) is 18.0 Å². The van der Waals surface area contributed by atoms with Crippen molar-refractivity contribution < 1.29 is 5.11 Å². The third-order valence-electron chi connectivity index (χ3n) is 3.49. The van der Waals surface area contributed by atoms with Crippen molar-refractivity contribution in [1.82, 2.24) is 15.0 Å². The van der Waals surface area contributed by atoms with Gasteiger partial charge in [-0.3, -0.25) is 0 Å². The highest BCUT2D eigenvalue weighted by atomic mass is 16.3. The number of aliphatic hydroxyl groups excluding tert-OH is 1. The molecule has 0 aliphatic carbocycles. The number of hydrogen-bond donors (Lipinski definition) is 1. The van der Waals surface area contributed by atoms with Crippen LogP contribution in [0.5, 0.6) is 0 Å². The molecule has 1 N–H and O–H groups in total. The molecule has 2 aromatic carbocycles. The van der Waals surface area contributed by atoms with Gasteiger partial charge in [-0.1, -0.05) is 53.2 Å². The molecular formula is C17H17N3O. The summed E-state index contributed by atoms with van der Waals surface area (Å²) in [4.78, 5) is 0. The Bertz CT molecular complexity index is 718. The van der Waals surface area contributed by atoms with Gasteiger partial charge in [-0.05, 0) is 24.6 Å². The fraction of sp³-hybridized carbons (Fsp3) is 0.176. The van der Waals surface area contributed by atoms with E-state index in [1.54, 1.807) is 4.68 Å². The number of aryl methyl sites for hydroxylation is 1. The summed E-state index contributed by atoms with van der Waals surface area (Å²) < 4.78 is 1.80. The lowest BCUT2D eigenvalue weighted by Gasteiger charge is -2.08. The van der Waals surface area contributed by atoms with E-state index in [0.717, 1.165) is 11.4 Å². The summed E-state index contributed by atoms with van der Waals surface area (Å²) in [6, 6.07) is 18.2. The molecule has 4 nitrogen and oxygen atoms in total. The maximum Gasteiger partial charge on any atom is 0.112 e.